The molecule has 0 radical (unpaired) electrons. The summed E-state index contributed by atoms with van der Waals surface area (Å²) in [7, 11) is 7.23. The average molecular weight is 133 g/mol. The van der Waals surface area contributed by atoms with Crippen LogP contribution >= 0.6 is 0 Å². The molecule has 0 rings (SSSR count). The molecule has 3 heteroatoms. The molecule has 0 saturated heterocycles. The van der Waals surface area contributed by atoms with E-state index in [4.69, 9.17) is 9.47 Å². The van der Waals surface area contributed by atoms with Crippen molar-refractivity contribution in [2.45, 2.75) is 6.29 Å². The van der Waals surface area contributed by atoms with E-state index in [1.54, 1.807) is 14.2 Å². The molecule has 0 aromatic heterocycles. The zero-order valence-electron chi connectivity index (χ0n) is 6.55. The maximum absolute atomic E-state index is 4.95. The van der Waals surface area contributed by atoms with E-state index in [1.165, 1.54) is 0 Å². The molecule has 0 fully saturated rings. The van der Waals surface area contributed by atoms with Crippen LogP contribution in [-0.4, -0.2) is 46.0 Å². The zero-order valence-corrected chi connectivity index (χ0v) is 6.55. The molecule has 0 unspecified atom stereocenters. The minimum atomic E-state index is -0.0972. The standard InChI is InChI=1S/C6H15NO2/c1-7(2)5-6(8-3)9-4/h6H,5H2,1-4H3. The van der Waals surface area contributed by atoms with Crippen molar-refractivity contribution < 1.29 is 9.47 Å². The third kappa shape index (κ3) is 4.39. The molecule has 0 aliphatic heterocycles. The van der Waals surface area contributed by atoms with Gasteiger partial charge in [-0.15, -0.1) is 0 Å². The van der Waals surface area contributed by atoms with Crippen molar-refractivity contribution in [1.29, 1.82) is 0 Å². The summed E-state index contributed by atoms with van der Waals surface area (Å²) in [4.78, 5) is 2.01. The van der Waals surface area contributed by atoms with Crippen LogP contribution in [0.5, 0.6) is 0 Å². The predicted molar refractivity (Wildman–Crippen MR) is 36.4 cm³/mol. The van der Waals surface area contributed by atoms with Gasteiger partial charge in [-0.05, 0) is 14.1 Å². The van der Waals surface area contributed by atoms with Gasteiger partial charge in [0.2, 0.25) is 0 Å². The van der Waals surface area contributed by atoms with Crippen LogP contribution in [0.4, 0.5) is 0 Å². The highest BCUT2D eigenvalue weighted by Gasteiger charge is 2.04. The lowest BCUT2D eigenvalue weighted by molar-refractivity contribution is -0.111. The van der Waals surface area contributed by atoms with Crippen LogP contribution in [0.2, 0.25) is 0 Å². The van der Waals surface area contributed by atoms with Gasteiger partial charge in [-0.25, -0.2) is 0 Å². The topological polar surface area (TPSA) is 21.7 Å². The lowest BCUT2D eigenvalue weighted by Gasteiger charge is -2.17. The molecular formula is C6H15NO2. The smallest absolute Gasteiger partial charge is 0.169 e. The number of ether oxygens (including phenoxy) is 2. The monoisotopic (exact) mass is 133 g/mol. The Hall–Kier alpha value is -0.120. The SMILES string of the molecule is COC(CN(C)C)OC. The van der Waals surface area contributed by atoms with E-state index in [2.05, 4.69) is 0 Å². The first kappa shape index (κ1) is 8.88. The van der Waals surface area contributed by atoms with E-state index in [9.17, 15) is 0 Å². The van der Waals surface area contributed by atoms with Gasteiger partial charge >= 0.3 is 0 Å². The van der Waals surface area contributed by atoms with Gasteiger partial charge < -0.3 is 14.4 Å². The molecule has 3 nitrogen and oxygen atoms in total. The Balaban J connectivity index is 3.31. The van der Waals surface area contributed by atoms with Crippen molar-refractivity contribution in [3.05, 3.63) is 0 Å². The fourth-order valence-corrected chi connectivity index (χ4v) is 0.543. The third-order valence-electron chi connectivity index (χ3n) is 1.04. The lowest BCUT2D eigenvalue weighted by atomic mass is 10.6. The Labute approximate surface area is 56.6 Å². The van der Waals surface area contributed by atoms with Crippen molar-refractivity contribution in [2.75, 3.05) is 34.9 Å². The maximum atomic E-state index is 4.95. The molecule has 0 amide bonds. The molecule has 0 saturated carbocycles. The second-order valence-corrected chi connectivity index (χ2v) is 2.16. The molecule has 0 aromatic rings. The predicted octanol–water partition coefficient (Wildman–Crippen LogP) is 0.167. The van der Waals surface area contributed by atoms with E-state index in [1.807, 2.05) is 19.0 Å². The summed E-state index contributed by atoms with van der Waals surface area (Å²) in [5.41, 5.74) is 0. The quantitative estimate of drug-likeness (QED) is 0.510. The highest BCUT2D eigenvalue weighted by molar-refractivity contribution is 4.45. The minimum Gasteiger partial charge on any atom is -0.355 e. The van der Waals surface area contributed by atoms with E-state index in [0.29, 0.717) is 0 Å². The summed E-state index contributed by atoms with van der Waals surface area (Å²) in [5.74, 6) is 0. The van der Waals surface area contributed by atoms with Crippen LogP contribution in [-0.2, 0) is 9.47 Å². The summed E-state index contributed by atoms with van der Waals surface area (Å²) < 4.78 is 9.89. The molecule has 0 aliphatic rings. The molecular weight excluding hydrogens is 118 g/mol. The Kier molecular flexibility index (Phi) is 4.67. The fourth-order valence-electron chi connectivity index (χ4n) is 0.543. The molecule has 0 atom stereocenters. The van der Waals surface area contributed by atoms with Gasteiger partial charge in [-0.3, -0.25) is 0 Å². The number of hydrogen-bond donors (Lipinski definition) is 0. The molecule has 0 N–H and O–H groups in total. The van der Waals surface area contributed by atoms with Crippen LogP contribution in [0.15, 0.2) is 0 Å². The molecule has 56 valence electrons. The van der Waals surface area contributed by atoms with Crippen molar-refractivity contribution in [3.63, 3.8) is 0 Å². The zero-order chi connectivity index (χ0) is 7.28. The van der Waals surface area contributed by atoms with Gasteiger partial charge in [0.25, 0.3) is 0 Å². The minimum absolute atomic E-state index is 0.0972. The van der Waals surface area contributed by atoms with Crippen LogP contribution in [0, 0.1) is 0 Å². The van der Waals surface area contributed by atoms with E-state index >= 15 is 0 Å². The fraction of sp³-hybridized carbons (Fsp3) is 1.00. The Morgan fingerprint density at radius 3 is 1.78 bits per heavy atom. The van der Waals surface area contributed by atoms with E-state index in [-0.39, 0.29) is 6.29 Å². The van der Waals surface area contributed by atoms with Crippen LogP contribution in [0.1, 0.15) is 0 Å². The number of nitrogens with zero attached hydrogens (tertiary/aromatic N) is 1. The van der Waals surface area contributed by atoms with Gasteiger partial charge in [0, 0.05) is 20.8 Å². The summed E-state index contributed by atoms with van der Waals surface area (Å²) in [5, 5.41) is 0. The molecule has 9 heavy (non-hydrogen) atoms. The van der Waals surface area contributed by atoms with Gasteiger partial charge in [0.1, 0.15) is 0 Å². The Morgan fingerprint density at radius 2 is 1.67 bits per heavy atom. The highest BCUT2D eigenvalue weighted by atomic mass is 16.7. The Morgan fingerprint density at radius 1 is 1.22 bits per heavy atom. The highest BCUT2D eigenvalue weighted by Crippen LogP contribution is 1.90. The second-order valence-electron chi connectivity index (χ2n) is 2.16. The van der Waals surface area contributed by atoms with Crippen molar-refractivity contribution in [2.24, 2.45) is 0 Å². The van der Waals surface area contributed by atoms with Crippen molar-refractivity contribution >= 4 is 0 Å². The number of rotatable bonds is 4. The van der Waals surface area contributed by atoms with Gasteiger partial charge in [0.05, 0.1) is 0 Å². The first-order chi connectivity index (χ1) is 4.20. The van der Waals surface area contributed by atoms with Gasteiger partial charge in [0.15, 0.2) is 6.29 Å². The Bertz CT molecular complexity index is 62.1. The van der Waals surface area contributed by atoms with Gasteiger partial charge in [-0.1, -0.05) is 0 Å². The third-order valence-corrected chi connectivity index (χ3v) is 1.04. The summed E-state index contributed by atoms with van der Waals surface area (Å²) in [6.07, 6.45) is -0.0972. The average Bonchev–Trinajstić information content (AvgIpc) is 1.82. The lowest BCUT2D eigenvalue weighted by Crippen LogP contribution is -2.28. The second kappa shape index (κ2) is 4.73. The molecule has 0 spiro atoms. The summed E-state index contributed by atoms with van der Waals surface area (Å²) in [6, 6.07) is 0. The van der Waals surface area contributed by atoms with Crippen molar-refractivity contribution in [3.8, 4) is 0 Å². The molecule has 0 bridgehead atoms. The van der Waals surface area contributed by atoms with E-state index < -0.39 is 0 Å². The summed E-state index contributed by atoms with van der Waals surface area (Å²) in [6.45, 7) is 0.799. The number of hydrogen-bond acceptors (Lipinski definition) is 3. The van der Waals surface area contributed by atoms with Crippen LogP contribution in [0.25, 0.3) is 0 Å². The number of likely N-dealkylation sites (N-methyl/N-ethyl adjacent to an activating group) is 1. The molecule has 0 heterocycles. The molecule has 0 aliphatic carbocycles. The molecule has 0 aromatic carbocycles. The van der Waals surface area contributed by atoms with Crippen molar-refractivity contribution in [1.82, 2.24) is 4.90 Å². The van der Waals surface area contributed by atoms with Crippen LogP contribution < -0.4 is 0 Å². The maximum Gasteiger partial charge on any atom is 0.169 e. The van der Waals surface area contributed by atoms with Crippen LogP contribution in [0.3, 0.4) is 0 Å². The van der Waals surface area contributed by atoms with Gasteiger partial charge in [-0.2, -0.15) is 0 Å². The largest absolute Gasteiger partial charge is 0.355 e. The first-order valence-corrected chi connectivity index (χ1v) is 2.91. The normalized spacial score (nSPS) is 11.3. The number of methoxy groups -OCH3 is 2. The first-order valence-electron chi connectivity index (χ1n) is 2.91. The summed E-state index contributed by atoms with van der Waals surface area (Å²) >= 11 is 0. The van der Waals surface area contributed by atoms with E-state index in [0.717, 1.165) is 6.54 Å².